The first kappa shape index (κ1) is 14.1. The second kappa shape index (κ2) is 6.09. The van der Waals surface area contributed by atoms with Gasteiger partial charge in [0.1, 0.15) is 0 Å². The topological polar surface area (TPSA) is 71.1 Å². The lowest BCUT2D eigenvalue weighted by molar-refractivity contribution is -0.115. The second-order valence-electron chi connectivity index (χ2n) is 3.65. The highest BCUT2D eigenvalue weighted by molar-refractivity contribution is 7.17. The van der Waals surface area contributed by atoms with E-state index in [1.54, 1.807) is 7.05 Å². The Kier molecular flexibility index (Phi) is 5.04. The molecule has 0 aromatic carbocycles. The fraction of sp³-hybridized carbons (Fsp3) is 0.500. The van der Waals surface area contributed by atoms with E-state index in [0.717, 1.165) is 18.5 Å². The number of thiazole rings is 1. The molecule has 0 radical (unpaired) electrons. The fourth-order valence-electron chi connectivity index (χ4n) is 1.65. The zero-order valence-corrected chi connectivity index (χ0v) is 11.0. The van der Waals surface area contributed by atoms with Crippen LogP contribution in [0.2, 0.25) is 0 Å². The van der Waals surface area contributed by atoms with Gasteiger partial charge in [-0.05, 0) is 19.9 Å². The van der Waals surface area contributed by atoms with Crippen molar-refractivity contribution in [3.05, 3.63) is 10.6 Å². The van der Waals surface area contributed by atoms with E-state index in [1.807, 2.05) is 0 Å². The van der Waals surface area contributed by atoms with E-state index in [0.29, 0.717) is 16.4 Å². The van der Waals surface area contributed by atoms with Crippen LogP contribution >= 0.6 is 23.7 Å². The van der Waals surface area contributed by atoms with Crippen molar-refractivity contribution >= 4 is 40.6 Å². The van der Waals surface area contributed by atoms with Gasteiger partial charge in [0.15, 0.2) is 10.9 Å². The summed E-state index contributed by atoms with van der Waals surface area (Å²) in [5.74, 6) is 0.00825. The van der Waals surface area contributed by atoms with Gasteiger partial charge < -0.3 is 10.6 Å². The van der Waals surface area contributed by atoms with Gasteiger partial charge in [0, 0.05) is 6.42 Å². The molecule has 1 aliphatic carbocycles. The standard InChI is InChI=1S/C10H13N3O2S.ClH/c1-11-5-8(15)13-10-12-6-3-2-4-7(14)9(6)16-10;/h11H,2-5H2,1H3,(H,12,13,15);1H. The van der Waals surface area contributed by atoms with Crippen molar-refractivity contribution in [2.45, 2.75) is 19.3 Å². The summed E-state index contributed by atoms with van der Waals surface area (Å²) in [7, 11) is 1.70. The number of fused-ring (bicyclic) bond motifs is 1. The van der Waals surface area contributed by atoms with Gasteiger partial charge in [-0.15, -0.1) is 12.4 Å². The van der Waals surface area contributed by atoms with E-state index < -0.39 is 0 Å². The average molecular weight is 276 g/mol. The molecule has 0 saturated heterocycles. The molecule has 2 N–H and O–H groups in total. The smallest absolute Gasteiger partial charge is 0.240 e. The fourth-order valence-corrected chi connectivity index (χ4v) is 2.64. The molecule has 5 nitrogen and oxygen atoms in total. The predicted octanol–water partition coefficient (Wildman–Crippen LogP) is 1.24. The Bertz CT molecular complexity index is 433. The number of anilines is 1. The number of nitrogens with one attached hydrogen (secondary N) is 2. The molecule has 17 heavy (non-hydrogen) atoms. The second-order valence-corrected chi connectivity index (χ2v) is 4.65. The van der Waals surface area contributed by atoms with Crippen LogP contribution in [0.5, 0.6) is 0 Å². The summed E-state index contributed by atoms with van der Waals surface area (Å²) in [5.41, 5.74) is 0.834. The van der Waals surface area contributed by atoms with Crippen LogP contribution in [0.25, 0.3) is 0 Å². The molecule has 0 fully saturated rings. The average Bonchev–Trinajstić information content (AvgIpc) is 2.62. The van der Waals surface area contributed by atoms with Gasteiger partial charge in [-0.1, -0.05) is 11.3 Å². The number of amides is 1. The van der Waals surface area contributed by atoms with E-state index in [9.17, 15) is 9.59 Å². The van der Waals surface area contributed by atoms with Crippen molar-refractivity contribution in [3.8, 4) is 0 Å². The highest BCUT2D eigenvalue weighted by atomic mass is 35.5. The molecule has 94 valence electrons. The molecular weight excluding hydrogens is 262 g/mol. The maximum atomic E-state index is 11.6. The highest BCUT2D eigenvalue weighted by Gasteiger charge is 2.22. The van der Waals surface area contributed by atoms with Gasteiger partial charge in [0.2, 0.25) is 5.91 Å². The van der Waals surface area contributed by atoms with Gasteiger partial charge in [-0.25, -0.2) is 4.98 Å². The molecule has 0 atom stereocenters. The number of nitrogens with zero attached hydrogens (tertiary/aromatic N) is 1. The SMILES string of the molecule is CNCC(=O)Nc1nc2c(s1)C(=O)CCC2.Cl. The number of halogens is 1. The molecule has 0 bridgehead atoms. The van der Waals surface area contributed by atoms with Crippen molar-refractivity contribution in [1.29, 1.82) is 0 Å². The molecule has 1 aromatic rings. The van der Waals surface area contributed by atoms with Crippen LogP contribution in [-0.2, 0) is 11.2 Å². The highest BCUT2D eigenvalue weighted by Crippen LogP contribution is 2.29. The number of Topliss-reactive ketones (excluding diaryl/α,β-unsaturated/α-hetero) is 1. The van der Waals surface area contributed by atoms with Crippen molar-refractivity contribution in [2.75, 3.05) is 18.9 Å². The number of hydrogen-bond donors (Lipinski definition) is 2. The van der Waals surface area contributed by atoms with Crippen LogP contribution in [0.3, 0.4) is 0 Å². The lowest BCUT2D eigenvalue weighted by Gasteiger charge is -2.05. The van der Waals surface area contributed by atoms with Crippen LogP contribution in [0.4, 0.5) is 5.13 Å². The summed E-state index contributed by atoms with van der Waals surface area (Å²) in [6, 6.07) is 0. The lowest BCUT2D eigenvalue weighted by Crippen LogP contribution is -2.24. The molecule has 0 unspecified atom stereocenters. The molecule has 1 amide bonds. The minimum Gasteiger partial charge on any atom is -0.311 e. The van der Waals surface area contributed by atoms with Gasteiger partial charge in [-0.2, -0.15) is 0 Å². The Hall–Kier alpha value is -0.980. The molecule has 2 rings (SSSR count). The largest absolute Gasteiger partial charge is 0.311 e. The minimum absolute atomic E-state index is 0. The zero-order valence-electron chi connectivity index (χ0n) is 9.41. The third kappa shape index (κ3) is 3.24. The first-order valence-corrected chi connectivity index (χ1v) is 5.99. The van der Waals surface area contributed by atoms with Crippen molar-refractivity contribution in [3.63, 3.8) is 0 Å². The molecule has 7 heteroatoms. The number of carbonyl (C=O) groups excluding carboxylic acids is 2. The van der Waals surface area contributed by atoms with Gasteiger partial charge in [-0.3, -0.25) is 9.59 Å². The van der Waals surface area contributed by atoms with Crippen LogP contribution in [-0.4, -0.2) is 30.3 Å². The quantitative estimate of drug-likeness (QED) is 0.871. The summed E-state index contributed by atoms with van der Waals surface area (Å²) < 4.78 is 0. The maximum absolute atomic E-state index is 11.6. The Morgan fingerprint density at radius 3 is 2.88 bits per heavy atom. The zero-order chi connectivity index (χ0) is 11.5. The van der Waals surface area contributed by atoms with E-state index in [-0.39, 0.29) is 30.6 Å². The number of aromatic nitrogens is 1. The van der Waals surface area contributed by atoms with E-state index in [1.165, 1.54) is 11.3 Å². The van der Waals surface area contributed by atoms with E-state index in [4.69, 9.17) is 0 Å². The van der Waals surface area contributed by atoms with Crippen molar-refractivity contribution in [2.24, 2.45) is 0 Å². The molecule has 1 heterocycles. The lowest BCUT2D eigenvalue weighted by atomic mass is 10.0. The Morgan fingerprint density at radius 2 is 2.24 bits per heavy atom. The monoisotopic (exact) mass is 275 g/mol. The minimum atomic E-state index is -0.138. The Morgan fingerprint density at radius 1 is 1.47 bits per heavy atom. The first-order valence-electron chi connectivity index (χ1n) is 5.18. The number of aryl methyl sites for hydroxylation is 1. The third-order valence-corrected chi connectivity index (χ3v) is 3.41. The Balaban J connectivity index is 0.00000144. The Labute approximate surface area is 109 Å². The number of rotatable bonds is 3. The van der Waals surface area contributed by atoms with E-state index >= 15 is 0 Å². The normalized spacial score (nSPS) is 13.8. The van der Waals surface area contributed by atoms with Crippen LogP contribution < -0.4 is 10.6 Å². The molecule has 0 spiro atoms. The summed E-state index contributed by atoms with van der Waals surface area (Å²) in [6.45, 7) is 0.248. The van der Waals surface area contributed by atoms with Gasteiger partial charge >= 0.3 is 0 Å². The van der Waals surface area contributed by atoms with Crippen LogP contribution in [0.15, 0.2) is 0 Å². The summed E-state index contributed by atoms with van der Waals surface area (Å²) in [5, 5.41) is 5.96. The molecule has 1 aromatic heterocycles. The molecule has 1 aliphatic rings. The molecular formula is C10H14ClN3O2S. The number of ketones is 1. The maximum Gasteiger partial charge on any atom is 0.240 e. The summed E-state index contributed by atoms with van der Waals surface area (Å²) in [4.78, 5) is 27.8. The number of carbonyl (C=O) groups is 2. The first-order chi connectivity index (χ1) is 7.70. The van der Waals surface area contributed by atoms with Gasteiger partial charge in [0.25, 0.3) is 0 Å². The molecule has 0 aliphatic heterocycles. The summed E-state index contributed by atoms with van der Waals surface area (Å²) >= 11 is 1.28. The van der Waals surface area contributed by atoms with Crippen LogP contribution in [0.1, 0.15) is 28.2 Å². The van der Waals surface area contributed by atoms with Crippen molar-refractivity contribution < 1.29 is 9.59 Å². The summed E-state index contributed by atoms with van der Waals surface area (Å²) in [6.07, 6.45) is 2.29. The predicted molar refractivity (Wildman–Crippen MR) is 69.2 cm³/mol. The van der Waals surface area contributed by atoms with Crippen LogP contribution in [0, 0.1) is 0 Å². The number of likely N-dealkylation sites (N-methyl/N-ethyl adjacent to an activating group) is 1. The number of hydrogen-bond acceptors (Lipinski definition) is 5. The van der Waals surface area contributed by atoms with E-state index in [2.05, 4.69) is 15.6 Å². The van der Waals surface area contributed by atoms with Crippen molar-refractivity contribution in [1.82, 2.24) is 10.3 Å². The molecule has 0 saturated carbocycles. The third-order valence-electron chi connectivity index (χ3n) is 2.35. The van der Waals surface area contributed by atoms with Gasteiger partial charge in [0.05, 0.1) is 17.1 Å².